The average molecular weight is 377 g/mol. The molecule has 4 rings (SSSR count). The lowest BCUT2D eigenvalue weighted by Crippen LogP contribution is -2.36. The number of phenolic OH excluding ortho intramolecular Hbond substituents is 1. The summed E-state index contributed by atoms with van der Waals surface area (Å²) in [5.74, 6) is -1.87. The number of aromatic hydroxyl groups is 1. The predicted molar refractivity (Wildman–Crippen MR) is 105 cm³/mol. The highest BCUT2D eigenvalue weighted by atomic mass is 16.5. The van der Waals surface area contributed by atoms with Gasteiger partial charge in [-0.2, -0.15) is 0 Å². The number of fused-ring (bicyclic) bond motifs is 1. The Balaban J connectivity index is 1.74. The molecule has 1 saturated heterocycles. The van der Waals surface area contributed by atoms with Crippen LogP contribution in [0.3, 0.4) is 0 Å². The van der Waals surface area contributed by atoms with Gasteiger partial charge in [0.2, 0.25) is 0 Å². The minimum atomic E-state index is -1.18. The van der Waals surface area contributed by atoms with Crippen LogP contribution in [-0.2, 0) is 4.74 Å². The molecule has 3 aromatic carbocycles. The maximum atomic E-state index is 13.1. The predicted octanol–water partition coefficient (Wildman–Crippen LogP) is 3.31. The fraction of sp³-hybridized carbons (Fsp3) is 0.182. The average Bonchev–Trinajstić information content (AvgIpc) is 2.72. The number of phenols is 1. The summed E-state index contributed by atoms with van der Waals surface area (Å²) in [7, 11) is 0. The van der Waals surface area contributed by atoms with Crippen molar-refractivity contribution in [2.75, 3.05) is 31.2 Å². The van der Waals surface area contributed by atoms with Crippen LogP contribution in [0.25, 0.3) is 10.8 Å². The zero-order valence-electron chi connectivity index (χ0n) is 15.1. The quantitative estimate of drug-likeness (QED) is 0.679. The van der Waals surface area contributed by atoms with Crippen molar-refractivity contribution < 1.29 is 24.5 Å². The molecule has 28 heavy (non-hydrogen) atoms. The van der Waals surface area contributed by atoms with Gasteiger partial charge in [-0.25, -0.2) is 4.79 Å². The van der Waals surface area contributed by atoms with E-state index < -0.39 is 11.8 Å². The summed E-state index contributed by atoms with van der Waals surface area (Å²) >= 11 is 0. The van der Waals surface area contributed by atoms with Crippen LogP contribution in [0.15, 0.2) is 54.6 Å². The van der Waals surface area contributed by atoms with E-state index in [2.05, 4.69) is 4.90 Å². The van der Waals surface area contributed by atoms with Gasteiger partial charge in [0.05, 0.1) is 24.3 Å². The Morgan fingerprint density at radius 3 is 2.11 bits per heavy atom. The Bertz CT molecular complexity index is 1070. The number of anilines is 1. The number of carbonyl (C=O) groups is 2. The molecule has 0 bridgehead atoms. The van der Waals surface area contributed by atoms with Gasteiger partial charge in [0, 0.05) is 30.4 Å². The lowest BCUT2D eigenvalue weighted by Gasteiger charge is -2.29. The number of hydrogen-bond acceptors (Lipinski definition) is 5. The maximum Gasteiger partial charge on any atom is 0.336 e. The molecule has 0 aromatic heterocycles. The molecule has 6 nitrogen and oxygen atoms in total. The van der Waals surface area contributed by atoms with E-state index in [1.54, 1.807) is 30.3 Å². The summed E-state index contributed by atoms with van der Waals surface area (Å²) in [4.78, 5) is 26.8. The number of carboxylic acids is 1. The van der Waals surface area contributed by atoms with Crippen molar-refractivity contribution in [1.29, 1.82) is 0 Å². The molecule has 0 radical (unpaired) electrons. The van der Waals surface area contributed by atoms with Gasteiger partial charge in [-0.1, -0.05) is 24.3 Å². The van der Waals surface area contributed by atoms with Crippen molar-refractivity contribution >= 4 is 28.2 Å². The first-order chi connectivity index (χ1) is 13.5. The first kappa shape index (κ1) is 18.0. The van der Waals surface area contributed by atoms with E-state index in [9.17, 15) is 19.8 Å². The molecule has 6 heteroatoms. The van der Waals surface area contributed by atoms with Crippen molar-refractivity contribution in [2.45, 2.75) is 0 Å². The highest BCUT2D eigenvalue weighted by Crippen LogP contribution is 2.29. The van der Waals surface area contributed by atoms with Crippen molar-refractivity contribution in [3.05, 3.63) is 71.3 Å². The number of carboxylic acid groups (broad SMARTS) is 1. The van der Waals surface area contributed by atoms with Gasteiger partial charge in [0.15, 0.2) is 5.78 Å². The SMILES string of the molecule is O=C(O)c1cc2ccccc2cc1C(=O)c1ccc(N2CCOCC2)cc1O. The van der Waals surface area contributed by atoms with Crippen LogP contribution in [0.4, 0.5) is 5.69 Å². The summed E-state index contributed by atoms with van der Waals surface area (Å²) in [5.41, 5.74) is 0.852. The van der Waals surface area contributed by atoms with Crippen LogP contribution >= 0.6 is 0 Å². The second-order valence-electron chi connectivity index (χ2n) is 6.68. The number of benzene rings is 3. The summed E-state index contributed by atoms with van der Waals surface area (Å²) in [6.07, 6.45) is 0. The van der Waals surface area contributed by atoms with Gasteiger partial charge in [0.1, 0.15) is 5.75 Å². The normalized spacial score (nSPS) is 14.2. The Hall–Kier alpha value is -3.38. The minimum absolute atomic E-state index is 0.0561. The molecule has 1 aliphatic rings. The largest absolute Gasteiger partial charge is 0.507 e. The number of carbonyl (C=O) groups excluding carboxylic acids is 1. The molecule has 2 N–H and O–H groups in total. The minimum Gasteiger partial charge on any atom is -0.507 e. The van der Waals surface area contributed by atoms with Gasteiger partial charge in [-0.3, -0.25) is 4.79 Å². The van der Waals surface area contributed by atoms with Crippen molar-refractivity contribution in [3.63, 3.8) is 0 Å². The molecule has 0 spiro atoms. The zero-order valence-corrected chi connectivity index (χ0v) is 15.1. The number of ketones is 1. The lowest BCUT2D eigenvalue weighted by molar-refractivity contribution is 0.0693. The van der Waals surface area contributed by atoms with E-state index in [0.717, 1.165) is 16.5 Å². The highest BCUT2D eigenvalue weighted by Gasteiger charge is 2.22. The second kappa shape index (κ2) is 7.32. The zero-order chi connectivity index (χ0) is 19.7. The van der Waals surface area contributed by atoms with Crippen molar-refractivity contribution in [2.24, 2.45) is 0 Å². The van der Waals surface area contributed by atoms with Gasteiger partial charge < -0.3 is 19.8 Å². The van der Waals surface area contributed by atoms with Gasteiger partial charge in [-0.15, -0.1) is 0 Å². The van der Waals surface area contributed by atoms with Crippen LogP contribution in [0.1, 0.15) is 26.3 Å². The Morgan fingerprint density at radius 1 is 0.857 bits per heavy atom. The number of hydrogen-bond donors (Lipinski definition) is 2. The number of nitrogens with zero attached hydrogens (tertiary/aromatic N) is 1. The first-order valence-corrected chi connectivity index (χ1v) is 9.01. The van der Waals surface area contributed by atoms with E-state index in [0.29, 0.717) is 26.3 Å². The van der Waals surface area contributed by atoms with E-state index in [-0.39, 0.29) is 22.4 Å². The molecule has 0 atom stereocenters. The van der Waals surface area contributed by atoms with E-state index in [1.807, 2.05) is 18.2 Å². The third kappa shape index (κ3) is 3.30. The van der Waals surface area contributed by atoms with Crippen molar-refractivity contribution in [1.82, 2.24) is 0 Å². The molecular formula is C22H19NO5. The number of rotatable bonds is 4. The van der Waals surface area contributed by atoms with Crippen LogP contribution < -0.4 is 4.90 Å². The van der Waals surface area contributed by atoms with Gasteiger partial charge in [0.25, 0.3) is 0 Å². The fourth-order valence-electron chi connectivity index (χ4n) is 3.48. The molecular weight excluding hydrogens is 358 g/mol. The summed E-state index contributed by atoms with van der Waals surface area (Å²) in [5, 5.41) is 21.5. The smallest absolute Gasteiger partial charge is 0.336 e. The molecule has 0 aliphatic carbocycles. The summed E-state index contributed by atoms with van der Waals surface area (Å²) in [6, 6.07) is 15.2. The highest BCUT2D eigenvalue weighted by molar-refractivity contribution is 6.17. The summed E-state index contributed by atoms with van der Waals surface area (Å²) in [6.45, 7) is 2.64. The van der Waals surface area contributed by atoms with Gasteiger partial charge in [-0.05, 0) is 35.0 Å². The second-order valence-corrected chi connectivity index (χ2v) is 6.68. The molecule has 0 saturated carbocycles. The number of ether oxygens (including phenoxy) is 1. The third-order valence-electron chi connectivity index (χ3n) is 4.96. The molecule has 0 amide bonds. The molecule has 1 heterocycles. The third-order valence-corrected chi connectivity index (χ3v) is 4.96. The van der Waals surface area contributed by atoms with Crippen LogP contribution in [-0.4, -0.2) is 48.3 Å². The topological polar surface area (TPSA) is 87.1 Å². The van der Waals surface area contributed by atoms with E-state index >= 15 is 0 Å². The standard InChI is InChI=1S/C22H19NO5/c24-20-13-16(23-7-9-28-10-8-23)5-6-17(20)21(25)18-11-14-3-1-2-4-15(14)12-19(18)22(26)27/h1-6,11-13,24H,7-10H2,(H,26,27). The van der Waals surface area contributed by atoms with Gasteiger partial charge >= 0.3 is 5.97 Å². The Morgan fingerprint density at radius 2 is 1.50 bits per heavy atom. The van der Waals surface area contributed by atoms with Crippen LogP contribution in [0, 0.1) is 0 Å². The first-order valence-electron chi connectivity index (χ1n) is 9.01. The number of morpholine rings is 1. The van der Waals surface area contributed by atoms with Crippen molar-refractivity contribution in [3.8, 4) is 5.75 Å². The Labute approximate surface area is 161 Å². The Kier molecular flexibility index (Phi) is 4.71. The fourth-order valence-corrected chi connectivity index (χ4v) is 3.48. The molecule has 1 fully saturated rings. The van der Waals surface area contributed by atoms with Crippen LogP contribution in [0.2, 0.25) is 0 Å². The maximum absolute atomic E-state index is 13.1. The monoisotopic (exact) mass is 377 g/mol. The molecule has 0 unspecified atom stereocenters. The van der Waals surface area contributed by atoms with Crippen LogP contribution in [0.5, 0.6) is 5.75 Å². The summed E-state index contributed by atoms with van der Waals surface area (Å²) < 4.78 is 5.33. The molecule has 3 aromatic rings. The lowest BCUT2D eigenvalue weighted by atomic mass is 9.94. The molecule has 142 valence electrons. The molecule has 1 aliphatic heterocycles. The number of aromatic carboxylic acids is 1. The van der Waals surface area contributed by atoms with E-state index in [1.165, 1.54) is 6.07 Å². The van der Waals surface area contributed by atoms with E-state index in [4.69, 9.17) is 4.74 Å².